The highest BCUT2D eigenvalue weighted by molar-refractivity contribution is 7.99. The molecule has 0 radical (unpaired) electrons. The number of hydrogen-bond acceptors (Lipinski definition) is 9. The van der Waals surface area contributed by atoms with Crippen LogP contribution in [-0.2, 0) is 23.4 Å². The van der Waals surface area contributed by atoms with Crippen molar-refractivity contribution >= 4 is 50.4 Å². The van der Waals surface area contributed by atoms with Gasteiger partial charge in [-0.2, -0.15) is 9.61 Å². The van der Waals surface area contributed by atoms with E-state index in [0.29, 0.717) is 21.5 Å². The third-order valence-corrected chi connectivity index (χ3v) is 6.14. The van der Waals surface area contributed by atoms with E-state index in [1.54, 1.807) is 0 Å². The fourth-order valence-corrected chi connectivity index (χ4v) is 4.23. The van der Waals surface area contributed by atoms with Crippen LogP contribution in [0.3, 0.4) is 0 Å². The van der Waals surface area contributed by atoms with E-state index in [0.717, 1.165) is 22.9 Å². The average Bonchev–Trinajstić information content (AvgIpc) is 3.21. The number of fused-ring (bicyclic) bond motifs is 1. The molecule has 0 saturated carbocycles. The number of amides is 1. The molecule has 0 unspecified atom stereocenters. The number of rotatable bonds is 7. The first-order chi connectivity index (χ1) is 12.1. The number of carbonyl (C=O) groups excluding carboxylic acids is 1. The van der Waals surface area contributed by atoms with Crippen LogP contribution >= 0.6 is 34.4 Å². The van der Waals surface area contributed by atoms with Gasteiger partial charge in [0.2, 0.25) is 16.0 Å². The van der Waals surface area contributed by atoms with Crippen LogP contribution in [0.1, 0.15) is 29.6 Å². The minimum absolute atomic E-state index is 0.146. The molecular formula is C14H16N6O2S3. The van der Waals surface area contributed by atoms with Crippen molar-refractivity contribution in [1.82, 2.24) is 24.8 Å². The summed E-state index contributed by atoms with van der Waals surface area (Å²) in [7, 11) is 0. The Hall–Kier alpha value is -1.85. The van der Waals surface area contributed by atoms with Crippen LogP contribution in [0, 0.1) is 0 Å². The summed E-state index contributed by atoms with van der Waals surface area (Å²) in [5.41, 5.74) is 0.459. The van der Waals surface area contributed by atoms with Gasteiger partial charge in [0.05, 0.1) is 11.4 Å². The number of hydrogen-bond donors (Lipinski definition) is 1. The van der Waals surface area contributed by atoms with Crippen LogP contribution in [-0.4, -0.2) is 36.5 Å². The zero-order valence-electron chi connectivity index (χ0n) is 13.7. The van der Waals surface area contributed by atoms with Gasteiger partial charge in [-0.25, -0.2) is 4.98 Å². The molecule has 0 bridgehead atoms. The minimum atomic E-state index is -0.193. The molecule has 0 saturated heterocycles. The van der Waals surface area contributed by atoms with Crippen LogP contribution in [0.4, 0.5) is 5.13 Å². The lowest BCUT2D eigenvalue weighted by molar-refractivity contribution is -0.113. The predicted octanol–water partition coefficient (Wildman–Crippen LogP) is 2.00. The fourth-order valence-electron chi connectivity index (χ4n) is 1.96. The summed E-state index contributed by atoms with van der Waals surface area (Å²) in [6, 6.07) is 1.47. The summed E-state index contributed by atoms with van der Waals surface area (Å²) < 4.78 is 1.32. The Labute approximate surface area is 155 Å². The van der Waals surface area contributed by atoms with Gasteiger partial charge in [0.15, 0.2) is 0 Å². The van der Waals surface area contributed by atoms with Crippen LogP contribution in [0.15, 0.2) is 10.9 Å². The van der Waals surface area contributed by atoms with E-state index in [1.165, 1.54) is 45.0 Å². The molecular weight excluding hydrogens is 380 g/mol. The van der Waals surface area contributed by atoms with Gasteiger partial charge in [-0.3, -0.25) is 14.9 Å². The molecule has 0 atom stereocenters. The molecule has 1 N–H and O–H groups in total. The van der Waals surface area contributed by atoms with Crippen molar-refractivity contribution < 1.29 is 4.79 Å². The summed E-state index contributed by atoms with van der Waals surface area (Å²) in [6.07, 6.45) is 1.56. The van der Waals surface area contributed by atoms with Gasteiger partial charge in [-0.05, 0) is 12.8 Å². The van der Waals surface area contributed by atoms with E-state index in [9.17, 15) is 9.59 Å². The maximum absolute atomic E-state index is 12.1. The molecule has 3 aromatic rings. The normalized spacial score (nSPS) is 11.1. The Morgan fingerprint density at radius 3 is 2.76 bits per heavy atom. The zero-order chi connectivity index (χ0) is 17.8. The van der Waals surface area contributed by atoms with Crippen molar-refractivity contribution in [2.75, 3.05) is 11.1 Å². The zero-order valence-corrected chi connectivity index (χ0v) is 16.1. The van der Waals surface area contributed by atoms with E-state index >= 15 is 0 Å². The van der Waals surface area contributed by atoms with Crippen molar-refractivity contribution in [2.45, 2.75) is 32.4 Å². The molecule has 0 aliphatic heterocycles. The Balaban J connectivity index is 1.57. The molecule has 132 valence electrons. The molecule has 25 heavy (non-hydrogen) atoms. The van der Waals surface area contributed by atoms with Crippen LogP contribution in [0.25, 0.3) is 4.96 Å². The summed E-state index contributed by atoms with van der Waals surface area (Å²) in [5.74, 6) is 0.590. The number of aryl methyl sites for hydroxylation is 2. The largest absolute Gasteiger partial charge is 0.300 e. The Morgan fingerprint density at radius 2 is 2.04 bits per heavy atom. The summed E-state index contributed by atoms with van der Waals surface area (Å²) in [6.45, 7) is 3.97. The third-order valence-electron chi connectivity index (χ3n) is 3.14. The second-order valence-corrected chi connectivity index (χ2v) is 8.11. The highest BCUT2D eigenvalue weighted by Gasteiger charge is 2.10. The number of nitrogens with zero attached hydrogens (tertiary/aromatic N) is 5. The number of anilines is 1. The van der Waals surface area contributed by atoms with Crippen molar-refractivity contribution in [3.63, 3.8) is 0 Å². The molecule has 0 aromatic carbocycles. The van der Waals surface area contributed by atoms with E-state index in [2.05, 4.69) is 25.6 Å². The molecule has 0 spiro atoms. The van der Waals surface area contributed by atoms with Crippen molar-refractivity contribution in [2.24, 2.45) is 0 Å². The topological polar surface area (TPSA) is 102 Å². The highest BCUT2D eigenvalue weighted by atomic mass is 32.2. The second kappa shape index (κ2) is 8.02. The maximum Gasteiger partial charge on any atom is 0.275 e. The summed E-state index contributed by atoms with van der Waals surface area (Å²) >= 11 is 4.18. The van der Waals surface area contributed by atoms with Gasteiger partial charge < -0.3 is 0 Å². The van der Waals surface area contributed by atoms with Crippen molar-refractivity contribution in [3.8, 4) is 0 Å². The average molecular weight is 397 g/mol. The number of carbonyl (C=O) groups is 1. The Kier molecular flexibility index (Phi) is 5.76. The molecule has 11 heteroatoms. The molecule has 0 aliphatic rings. The molecule has 0 fully saturated rings. The Bertz CT molecular complexity index is 948. The van der Waals surface area contributed by atoms with Gasteiger partial charge in [-0.1, -0.05) is 36.5 Å². The standard InChI is InChI=1S/C14H16N6O2S3/c1-3-10-17-18-13(24-10)16-9(21)7-23-6-8-5-12(22)20-14(15-8)25-11(4-2)19-20/h5H,3-4,6-7H2,1-2H3,(H,16,18,21). The summed E-state index contributed by atoms with van der Waals surface area (Å²) in [5, 5.41) is 17.1. The van der Waals surface area contributed by atoms with Crippen LogP contribution in [0.2, 0.25) is 0 Å². The number of thioether (sulfide) groups is 1. The first kappa shape index (κ1) is 18.0. The van der Waals surface area contributed by atoms with Gasteiger partial charge in [0, 0.05) is 11.8 Å². The first-order valence-corrected chi connectivity index (χ1v) is 10.5. The minimum Gasteiger partial charge on any atom is -0.300 e. The lowest BCUT2D eigenvalue weighted by atomic mass is 10.4. The lowest BCUT2D eigenvalue weighted by Crippen LogP contribution is -2.16. The molecule has 3 heterocycles. The molecule has 8 nitrogen and oxygen atoms in total. The SMILES string of the molecule is CCc1nnc(NC(=O)CSCc2cc(=O)n3nc(CC)sc3n2)s1. The Morgan fingerprint density at radius 1 is 1.24 bits per heavy atom. The molecule has 0 aliphatic carbocycles. The fraction of sp³-hybridized carbons (Fsp3) is 0.429. The van der Waals surface area contributed by atoms with Crippen LogP contribution < -0.4 is 10.9 Å². The van der Waals surface area contributed by atoms with Crippen molar-refractivity contribution in [3.05, 3.63) is 32.1 Å². The predicted molar refractivity (Wildman–Crippen MR) is 101 cm³/mol. The smallest absolute Gasteiger partial charge is 0.275 e. The summed E-state index contributed by atoms with van der Waals surface area (Å²) in [4.78, 5) is 29.0. The van der Waals surface area contributed by atoms with E-state index in [1.807, 2.05) is 13.8 Å². The van der Waals surface area contributed by atoms with Crippen LogP contribution in [0.5, 0.6) is 0 Å². The van der Waals surface area contributed by atoms with E-state index < -0.39 is 0 Å². The van der Waals surface area contributed by atoms with Gasteiger partial charge in [-0.15, -0.1) is 22.0 Å². The quantitative estimate of drug-likeness (QED) is 0.651. The third kappa shape index (κ3) is 4.41. The molecule has 3 rings (SSSR count). The van der Waals surface area contributed by atoms with Gasteiger partial charge in [0.25, 0.3) is 5.56 Å². The monoisotopic (exact) mass is 396 g/mol. The van der Waals surface area contributed by atoms with E-state index in [-0.39, 0.29) is 17.2 Å². The molecule has 1 amide bonds. The number of nitrogens with one attached hydrogen (secondary N) is 1. The number of aromatic nitrogens is 5. The first-order valence-electron chi connectivity index (χ1n) is 7.67. The highest BCUT2D eigenvalue weighted by Crippen LogP contribution is 2.17. The second-order valence-electron chi connectivity index (χ2n) is 5.02. The van der Waals surface area contributed by atoms with Gasteiger partial charge in [0.1, 0.15) is 10.0 Å². The molecule has 3 aromatic heterocycles. The van der Waals surface area contributed by atoms with E-state index in [4.69, 9.17) is 0 Å². The lowest BCUT2D eigenvalue weighted by Gasteiger charge is -2.01. The van der Waals surface area contributed by atoms with Gasteiger partial charge >= 0.3 is 0 Å². The maximum atomic E-state index is 12.1. The van der Waals surface area contributed by atoms with Crippen molar-refractivity contribution in [1.29, 1.82) is 0 Å².